The molecular formula is C11H11F2N3. The molecule has 2 aromatic rings. The van der Waals surface area contributed by atoms with E-state index < -0.39 is 17.2 Å². The summed E-state index contributed by atoms with van der Waals surface area (Å²) in [6.45, 7) is 0. The van der Waals surface area contributed by atoms with Crippen LogP contribution in [0.25, 0.3) is 11.0 Å². The van der Waals surface area contributed by atoms with Crippen molar-refractivity contribution in [2.45, 2.75) is 24.8 Å². The molecule has 1 saturated carbocycles. The summed E-state index contributed by atoms with van der Waals surface area (Å²) >= 11 is 0. The first kappa shape index (κ1) is 9.72. The van der Waals surface area contributed by atoms with E-state index in [4.69, 9.17) is 5.73 Å². The fourth-order valence-corrected chi connectivity index (χ4v) is 2.05. The Balaban J connectivity index is 2.19. The average molecular weight is 223 g/mol. The Bertz CT molecular complexity index is 558. The van der Waals surface area contributed by atoms with Gasteiger partial charge in [-0.2, -0.15) is 0 Å². The second-order valence-electron chi connectivity index (χ2n) is 4.35. The molecule has 0 amide bonds. The van der Waals surface area contributed by atoms with Gasteiger partial charge in [-0.05, 0) is 31.4 Å². The fraction of sp³-hybridized carbons (Fsp3) is 0.364. The lowest BCUT2D eigenvalue weighted by Gasteiger charge is -2.35. The van der Waals surface area contributed by atoms with Gasteiger partial charge in [0.1, 0.15) is 11.3 Å². The molecule has 1 aromatic heterocycles. The van der Waals surface area contributed by atoms with E-state index in [1.165, 1.54) is 6.07 Å². The average Bonchev–Trinajstić information content (AvgIpc) is 2.65. The van der Waals surface area contributed by atoms with Crippen LogP contribution in [0.4, 0.5) is 8.78 Å². The largest absolute Gasteiger partial charge is 0.340 e. The van der Waals surface area contributed by atoms with Crippen LogP contribution in [0, 0.1) is 11.6 Å². The van der Waals surface area contributed by atoms with Crippen molar-refractivity contribution in [3.63, 3.8) is 0 Å². The Morgan fingerprint density at radius 2 is 2.06 bits per heavy atom. The Hall–Kier alpha value is -1.49. The highest BCUT2D eigenvalue weighted by molar-refractivity contribution is 5.76. The molecule has 0 spiro atoms. The Kier molecular flexibility index (Phi) is 1.83. The lowest BCUT2D eigenvalue weighted by Crippen LogP contribution is -2.44. The summed E-state index contributed by atoms with van der Waals surface area (Å²) in [5.41, 5.74) is 6.11. The lowest BCUT2D eigenvalue weighted by atomic mass is 9.77. The normalized spacial score (nSPS) is 18.7. The van der Waals surface area contributed by atoms with Gasteiger partial charge in [0.15, 0.2) is 11.6 Å². The minimum absolute atomic E-state index is 0.0340. The molecule has 1 aliphatic rings. The van der Waals surface area contributed by atoms with Crippen molar-refractivity contribution < 1.29 is 8.78 Å². The standard InChI is InChI=1S/C11H11F2N3/c12-6-2-3-7-9(8(6)13)16-10(15-7)11(14)4-1-5-11/h2-3H,1,4-5,14H2,(H,15,16). The van der Waals surface area contributed by atoms with Crippen molar-refractivity contribution in [1.29, 1.82) is 0 Å². The number of aromatic amines is 1. The lowest BCUT2D eigenvalue weighted by molar-refractivity contribution is 0.240. The van der Waals surface area contributed by atoms with E-state index in [9.17, 15) is 8.78 Å². The quantitative estimate of drug-likeness (QED) is 0.778. The number of nitrogens with two attached hydrogens (primary N) is 1. The fourth-order valence-electron chi connectivity index (χ4n) is 2.05. The van der Waals surface area contributed by atoms with E-state index >= 15 is 0 Å². The van der Waals surface area contributed by atoms with Crippen molar-refractivity contribution >= 4 is 11.0 Å². The molecule has 0 aliphatic heterocycles. The first-order chi connectivity index (χ1) is 7.60. The van der Waals surface area contributed by atoms with E-state index in [-0.39, 0.29) is 5.52 Å². The third-order valence-electron chi connectivity index (χ3n) is 3.26. The van der Waals surface area contributed by atoms with E-state index in [0.29, 0.717) is 11.3 Å². The van der Waals surface area contributed by atoms with E-state index in [1.807, 2.05) is 0 Å². The second-order valence-corrected chi connectivity index (χ2v) is 4.35. The van der Waals surface area contributed by atoms with Crippen LogP contribution in [-0.2, 0) is 5.54 Å². The third kappa shape index (κ3) is 1.18. The predicted molar refractivity (Wildman–Crippen MR) is 55.7 cm³/mol. The van der Waals surface area contributed by atoms with Crippen molar-refractivity contribution in [2.75, 3.05) is 0 Å². The van der Waals surface area contributed by atoms with Crippen LogP contribution in [0.3, 0.4) is 0 Å². The Morgan fingerprint density at radius 3 is 2.69 bits per heavy atom. The van der Waals surface area contributed by atoms with Gasteiger partial charge in [0.2, 0.25) is 0 Å². The summed E-state index contributed by atoms with van der Waals surface area (Å²) in [7, 11) is 0. The number of benzene rings is 1. The minimum atomic E-state index is -0.914. The van der Waals surface area contributed by atoms with E-state index in [2.05, 4.69) is 9.97 Å². The highest BCUT2D eigenvalue weighted by atomic mass is 19.2. The van der Waals surface area contributed by atoms with E-state index in [1.54, 1.807) is 0 Å². The van der Waals surface area contributed by atoms with Crippen molar-refractivity contribution in [3.8, 4) is 0 Å². The van der Waals surface area contributed by atoms with Crippen LogP contribution in [-0.4, -0.2) is 9.97 Å². The summed E-state index contributed by atoms with van der Waals surface area (Å²) in [6, 6.07) is 2.57. The summed E-state index contributed by atoms with van der Waals surface area (Å²) < 4.78 is 26.4. The maximum Gasteiger partial charge on any atom is 0.186 e. The number of halogens is 2. The van der Waals surface area contributed by atoms with Gasteiger partial charge in [-0.25, -0.2) is 13.8 Å². The maximum absolute atomic E-state index is 13.4. The highest BCUT2D eigenvalue weighted by Gasteiger charge is 2.37. The van der Waals surface area contributed by atoms with Gasteiger partial charge in [0.25, 0.3) is 0 Å². The highest BCUT2D eigenvalue weighted by Crippen LogP contribution is 2.38. The molecule has 16 heavy (non-hydrogen) atoms. The van der Waals surface area contributed by atoms with E-state index in [0.717, 1.165) is 25.3 Å². The van der Waals surface area contributed by atoms with Crippen molar-refractivity contribution in [3.05, 3.63) is 29.6 Å². The summed E-state index contributed by atoms with van der Waals surface area (Å²) in [5.74, 6) is -1.24. The zero-order chi connectivity index (χ0) is 11.3. The van der Waals surface area contributed by atoms with Crippen LogP contribution in [0.5, 0.6) is 0 Å². The molecule has 84 valence electrons. The number of imidazole rings is 1. The zero-order valence-corrected chi connectivity index (χ0v) is 8.56. The monoisotopic (exact) mass is 223 g/mol. The molecule has 0 bridgehead atoms. The minimum Gasteiger partial charge on any atom is -0.340 e. The summed E-state index contributed by atoms with van der Waals surface area (Å²) in [4.78, 5) is 7.03. The second kappa shape index (κ2) is 3.01. The van der Waals surface area contributed by atoms with Gasteiger partial charge in [-0.1, -0.05) is 0 Å². The van der Waals surface area contributed by atoms with Gasteiger partial charge < -0.3 is 10.7 Å². The topological polar surface area (TPSA) is 54.7 Å². The van der Waals surface area contributed by atoms with Crippen LogP contribution >= 0.6 is 0 Å². The number of rotatable bonds is 1. The molecule has 0 atom stereocenters. The number of hydrogen-bond donors (Lipinski definition) is 2. The molecule has 1 aliphatic carbocycles. The third-order valence-corrected chi connectivity index (χ3v) is 3.26. The number of aromatic nitrogens is 2. The molecule has 3 N–H and O–H groups in total. The molecule has 1 fully saturated rings. The molecular weight excluding hydrogens is 212 g/mol. The van der Waals surface area contributed by atoms with Crippen LogP contribution < -0.4 is 5.73 Å². The van der Waals surface area contributed by atoms with Crippen molar-refractivity contribution in [1.82, 2.24) is 9.97 Å². The summed E-state index contributed by atoms with van der Waals surface area (Å²) in [5, 5.41) is 0. The molecule has 1 heterocycles. The van der Waals surface area contributed by atoms with Gasteiger partial charge in [0, 0.05) is 0 Å². The summed E-state index contributed by atoms with van der Waals surface area (Å²) in [6.07, 6.45) is 2.71. The smallest absolute Gasteiger partial charge is 0.186 e. The number of H-pyrrole nitrogens is 1. The predicted octanol–water partition coefficient (Wildman–Crippen LogP) is 2.18. The van der Waals surface area contributed by atoms with Crippen molar-refractivity contribution in [2.24, 2.45) is 5.73 Å². The number of nitrogens with one attached hydrogen (secondary N) is 1. The van der Waals surface area contributed by atoms with Crippen LogP contribution in [0.2, 0.25) is 0 Å². The molecule has 3 rings (SSSR count). The molecule has 5 heteroatoms. The number of fused-ring (bicyclic) bond motifs is 1. The molecule has 3 nitrogen and oxygen atoms in total. The first-order valence-corrected chi connectivity index (χ1v) is 5.23. The molecule has 0 unspecified atom stereocenters. The molecule has 0 saturated heterocycles. The van der Waals surface area contributed by atoms with Gasteiger partial charge in [-0.3, -0.25) is 0 Å². The number of hydrogen-bond acceptors (Lipinski definition) is 2. The van der Waals surface area contributed by atoms with Gasteiger partial charge >= 0.3 is 0 Å². The molecule has 0 radical (unpaired) electrons. The zero-order valence-electron chi connectivity index (χ0n) is 8.56. The Labute approximate surface area is 90.7 Å². The van der Waals surface area contributed by atoms with Gasteiger partial charge in [-0.15, -0.1) is 0 Å². The maximum atomic E-state index is 13.4. The SMILES string of the molecule is NC1(c2nc3c(F)c(F)ccc3[nH]2)CCC1. The van der Waals surface area contributed by atoms with Crippen LogP contribution in [0.1, 0.15) is 25.1 Å². The number of nitrogens with zero attached hydrogens (tertiary/aromatic N) is 1. The van der Waals surface area contributed by atoms with Crippen LogP contribution in [0.15, 0.2) is 12.1 Å². The molecule has 1 aromatic carbocycles. The van der Waals surface area contributed by atoms with Gasteiger partial charge in [0.05, 0.1) is 11.1 Å². The Morgan fingerprint density at radius 1 is 1.31 bits per heavy atom. The first-order valence-electron chi connectivity index (χ1n) is 5.23.